The smallest absolute Gasteiger partial charge is 0.0547 e. The molecule has 2 aliphatic rings. The van der Waals surface area contributed by atoms with Gasteiger partial charge in [-0.15, -0.1) is 11.3 Å². The summed E-state index contributed by atoms with van der Waals surface area (Å²) in [5.74, 6) is 0. The summed E-state index contributed by atoms with van der Waals surface area (Å²) in [5, 5.41) is 5.94. The summed E-state index contributed by atoms with van der Waals surface area (Å²) >= 11 is 1.92. The molecular weight excluding hydrogens is 280 g/mol. The van der Waals surface area contributed by atoms with E-state index in [0.29, 0.717) is 5.41 Å². The molecule has 3 nitrogen and oxygen atoms in total. The zero-order chi connectivity index (χ0) is 14.9. The molecule has 0 spiro atoms. The maximum atomic E-state index is 5.76. The van der Waals surface area contributed by atoms with Crippen LogP contribution in [0.2, 0.25) is 0 Å². The highest BCUT2D eigenvalue weighted by atomic mass is 32.1. The summed E-state index contributed by atoms with van der Waals surface area (Å²) < 4.78 is 5.76. The second kappa shape index (κ2) is 5.99. The summed E-state index contributed by atoms with van der Waals surface area (Å²) in [5.41, 5.74) is 2.02. The quantitative estimate of drug-likeness (QED) is 0.925. The third-order valence-electron chi connectivity index (χ3n) is 4.62. The number of ether oxygens (including phenoxy) is 1. The number of hydrogen-bond donors (Lipinski definition) is 1. The Bertz CT molecular complexity index is 471. The lowest BCUT2D eigenvalue weighted by atomic mass is 9.85. The molecule has 21 heavy (non-hydrogen) atoms. The monoisotopic (exact) mass is 308 g/mol. The Labute approximate surface area is 132 Å². The fraction of sp³-hybridized carbons (Fsp3) is 0.765. The lowest BCUT2D eigenvalue weighted by Crippen LogP contribution is -2.50. The van der Waals surface area contributed by atoms with Crippen molar-refractivity contribution in [1.29, 1.82) is 0 Å². The van der Waals surface area contributed by atoms with Crippen molar-refractivity contribution in [3.8, 4) is 0 Å². The fourth-order valence-corrected chi connectivity index (χ4v) is 4.23. The minimum Gasteiger partial charge on any atom is -0.381 e. The Morgan fingerprint density at radius 2 is 2.29 bits per heavy atom. The Balaban J connectivity index is 1.63. The molecule has 2 aliphatic heterocycles. The van der Waals surface area contributed by atoms with Gasteiger partial charge >= 0.3 is 0 Å². The Hall–Kier alpha value is -0.420. The molecule has 1 fully saturated rings. The summed E-state index contributed by atoms with van der Waals surface area (Å²) in [6, 6.07) is 2.30. The first kappa shape index (κ1) is 15.5. The van der Waals surface area contributed by atoms with E-state index in [1.807, 2.05) is 11.3 Å². The maximum absolute atomic E-state index is 5.76. The number of nitrogens with zero attached hydrogens (tertiary/aromatic N) is 1. The lowest BCUT2D eigenvalue weighted by Gasteiger charge is -2.38. The fourth-order valence-electron chi connectivity index (χ4n) is 3.34. The molecule has 1 atom stereocenters. The van der Waals surface area contributed by atoms with Gasteiger partial charge in [0.1, 0.15) is 0 Å². The van der Waals surface area contributed by atoms with Gasteiger partial charge in [-0.05, 0) is 50.6 Å². The molecule has 0 amide bonds. The zero-order valence-corrected chi connectivity index (χ0v) is 14.4. The van der Waals surface area contributed by atoms with Crippen molar-refractivity contribution in [2.45, 2.75) is 45.7 Å². The second-order valence-electron chi connectivity index (χ2n) is 7.74. The van der Waals surface area contributed by atoms with E-state index in [1.165, 1.54) is 19.4 Å². The molecule has 1 aromatic rings. The van der Waals surface area contributed by atoms with Gasteiger partial charge in [-0.2, -0.15) is 0 Å². The van der Waals surface area contributed by atoms with Crippen molar-refractivity contribution >= 4 is 11.3 Å². The molecule has 3 heterocycles. The first-order valence-electron chi connectivity index (χ1n) is 8.06. The van der Waals surface area contributed by atoms with Gasteiger partial charge in [0.2, 0.25) is 0 Å². The van der Waals surface area contributed by atoms with Crippen LogP contribution >= 0.6 is 11.3 Å². The van der Waals surface area contributed by atoms with Gasteiger partial charge in [0.05, 0.1) is 6.61 Å². The first-order chi connectivity index (χ1) is 9.96. The molecule has 118 valence electrons. The van der Waals surface area contributed by atoms with Crippen LogP contribution in [0.3, 0.4) is 0 Å². The van der Waals surface area contributed by atoms with Crippen molar-refractivity contribution < 1.29 is 4.74 Å². The van der Waals surface area contributed by atoms with Crippen LogP contribution in [0, 0.1) is 5.41 Å². The second-order valence-corrected chi connectivity index (χ2v) is 8.74. The summed E-state index contributed by atoms with van der Waals surface area (Å²) in [6.45, 7) is 13.1. The number of fused-ring (bicyclic) bond motifs is 1. The highest BCUT2D eigenvalue weighted by Crippen LogP contribution is 2.32. The van der Waals surface area contributed by atoms with Crippen LogP contribution in [0.15, 0.2) is 11.4 Å². The number of nitrogens with one attached hydrogen (secondary N) is 1. The van der Waals surface area contributed by atoms with Crippen LogP contribution in [0.4, 0.5) is 0 Å². The molecule has 1 N–H and O–H groups in total. The topological polar surface area (TPSA) is 24.5 Å². The average molecular weight is 308 g/mol. The summed E-state index contributed by atoms with van der Waals surface area (Å²) in [7, 11) is 0. The van der Waals surface area contributed by atoms with Gasteiger partial charge < -0.3 is 10.1 Å². The van der Waals surface area contributed by atoms with E-state index >= 15 is 0 Å². The minimum absolute atomic E-state index is 0.179. The van der Waals surface area contributed by atoms with E-state index in [1.54, 1.807) is 10.4 Å². The van der Waals surface area contributed by atoms with Gasteiger partial charge in [0.25, 0.3) is 0 Å². The largest absolute Gasteiger partial charge is 0.381 e. The lowest BCUT2D eigenvalue weighted by molar-refractivity contribution is 0.0970. The van der Waals surface area contributed by atoms with Gasteiger partial charge in [-0.25, -0.2) is 0 Å². The van der Waals surface area contributed by atoms with Crippen LogP contribution in [0.5, 0.6) is 0 Å². The molecule has 4 heteroatoms. The zero-order valence-electron chi connectivity index (χ0n) is 13.6. The average Bonchev–Trinajstić information content (AvgIpc) is 3.05. The standard InChI is InChI=1S/C17H28N2OS/c1-16(2,3)18-11-17(6-8-20-13-17)12-19-7-4-15-14(10-19)5-9-21-15/h5,9,18H,4,6-8,10-13H2,1-3H3. The predicted octanol–water partition coefficient (Wildman–Crippen LogP) is 2.90. The molecule has 3 rings (SSSR count). The summed E-state index contributed by atoms with van der Waals surface area (Å²) in [6.07, 6.45) is 2.40. The van der Waals surface area contributed by atoms with Crippen molar-refractivity contribution in [3.05, 3.63) is 21.9 Å². The maximum Gasteiger partial charge on any atom is 0.0547 e. The van der Waals surface area contributed by atoms with Crippen LogP contribution in [-0.2, 0) is 17.7 Å². The third-order valence-corrected chi connectivity index (χ3v) is 5.65. The number of hydrogen-bond acceptors (Lipinski definition) is 4. The predicted molar refractivity (Wildman–Crippen MR) is 88.9 cm³/mol. The van der Waals surface area contributed by atoms with Crippen molar-refractivity contribution in [2.24, 2.45) is 5.41 Å². The SMILES string of the molecule is CC(C)(C)NCC1(CN2CCc3sccc3C2)CCOC1. The highest BCUT2D eigenvalue weighted by molar-refractivity contribution is 7.10. The first-order valence-corrected chi connectivity index (χ1v) is 8.94. The van der Waals surface area contributed by atoms with Gasteiger partial charge in [-0.1, -0.05) is 0 Å². The van der Waals surface area contributed by atoms with Crippen LogP contribution in [-0.4, -0.2) is 43.3 Å². The molecule has 1 aromatic heterocycles. The Kier molecular flexibility index (Phi) is 4.42. The third kappa shape index (κ3) is 3.86. The van der Waals surface area contributed by atoms with E-state index in [-0.39, 0.29) is 5.54 Å². The highest BCUT2D eigenvalue weighted by Gasteiger charge is 2.38. The van der Waals surface area contributed by atoms with E-state index in [4.69, 9.17) is 4.74 Å². The molecular formula is C17H28N2OS. The molecule has 0 aliphatic carbocycles. The number of rotatable bonds is 4. The molecule has 0 radical (unpaired) electrons. The Morgan fingerprint density at radius 3 is 3.00 bits per heavy atom. The molecule has 0 aromatic carbocycles. The molecule has 0 bridgehead atoms. The van der Waals surface area contributed by atoms with Crippen molar-refractivity contribution in [1.82, 2.24) is 10.2 Å². The summed E-state index contributed by atoms with van der Waals surface area (Å²) in [4.78, 5) is 4.23. The van der Waals surface area contributed by atoms with E-state index < -0.39 is 0 Å². The van der Waals surface area contributed by atoms with Crippen molar-refractivity contribution in [2.75, 3.05) is 32.8 Å². The Morgan fingerprint density at radius 1 is 1.43 bits per heavy atom. The van der Waals surface area contributed by atoms with E-state index in [0.717, 1.165) is 32.8 Å². The van der Waals surface area contributed by atoms with Crippen LogP contribution < -0.4 is 5.32 Å². The molecule has 1 unspecified atom stereocenters. The minimum atomic E-state index is 0.179. The van der Waals surface area contributed by atoms with E-state index in [2.05, 4.69) is 42.4 Å². The number of thiophene rings is 1. The molecule has 1 saturated heterocycles. The van der Waals surface area contributed by atoms with Gasteiger partial charge in [0, 0.05) is 48.6 Å². The van der Waals surface area contributed by atoms with Crippen LogP contribution in [0.1, 0.15) is 37.6 Å². The van der Waals surface area contributed by atoms with E-state index in [9.17, 15) is 0 Å². The van der Waals surface area contributed by atoms with Crippen LogP contribution in [0.25, 0.3) is 0 Å². The van der Waals surface area contributed by atoms with Gasteiger partial charge in [0.15, 0.2) is 0 Å². The normalized spacial score (nSPS) is 27.0. The van der Waals surface area contributed by atoms with Crippen molar-refractivity contribution in [3.63, 3.8) is 0 Å². The molecule has 0 saturated carbocycles. The van der Waals surface area contributed by atoms with Gasteiger partial charge in [-0.3, -0.25) is 4.90 Å².